The number of hydrogen-bond donors (Lipinski definition) is 1. The summed E-state index contributed by atoms with van der Waals surface area (Å²) in [5.41, 5.74) is 0.516. The molecule has 0 unspecified atom stereocenters. The maximum absolute atomic E-state index is 13.2. The number of nitrogens with zero attached hydrogens (tertiary/aromatic N) is 1. The molecule has 0 saturated heterocycles. The molecule has 1 aliphatic rings. The number of carbonyl (C=O) groups excluding carboxylic acids is 1. The van der Waals surface area contributed by atoms with Crippen molar-refractivity contribution in [2.24, 2.45) is 0 Å². The minimum Gasteiger partial charge on any atom is -0.490 e. The first-order valence-corrected chi connectivity index (χ1v) is 9.17. The van der Waals surface area contributed by atoms with Gasteiger partial charge < -0.3 is 9.64 Å². The number of ether oxygens (including phenoxy) is 1. The summed E-state index contributed by atoms with van der Waals surface area (Å²) in [4.78, 5) is 13.1. The van der Waals surface area contributed by atoms with Crippen molar-refractivity contribution < 1.29 is 22.3 Å². The van der Waals surface area contributed by atoms with Gasteiger partial charge in [-0.1, -0.05) is 11.6 Å². The average Bonchev–Trinajstić information content (AvgIpc) is 2.56. The van der Waals surface area contributed by atoms with Gasteiger partial charge in [0.1, 0.15) is 18.2 Å². The molecule has 6 nitrogen and oxygen atoms in total. The lowest BCUT2D eigenvalue weighted by Crippen LogP contribution is -2.36. The van der Waals surface area contributed by atoms with Crippen molar-refractivity contribution >= 4 is 38.9 Å². The van der Waals surface area contributed by atoms with E-state index in [-0.39, 0.29) is 21.5 Å². The Kier molecular flexibility index (Phi) is 4.57. The van der Waals surface area contributed by atoms with Gasteiger partial charge in [-0.3, -0.25) is 9.52 Å². The first kappa shape index (κ1) is 17.5. The van der Waals surface area contributed by atoms with E-state index >= 15 is 0 Å². The maximum atomic E-state index is 13.2. The van der Waals surface area contributed by atoms with Crippen LogP contribution in [0.4, 0.5) is 15.8 Å². The van der Waals surface area contributed by atoms with Crippen LogP contribution in [-0.4, -0.2) is 27.5 Å². The molecule has 0 radical (unpaired) electrons. The standard InChI is InChI=1S/C16H14ClFN2O4S/c1-10(21)20-6-7-24-16-5-3-12(9-15(16)20)25(22,23)19-11-2-4-14(18)13(17)8-11/h2-5,8-9,19H,6-7H2,1H3. The number of halogens is 2. The molecule has 1 amide bonds. The van der Waals surface area contributed by atoms with Gasteiger partial charge in [-0.05, 0) is 36.4 Å². The minimum absolute atomic E-state index is 0.0524. The van der Waals surface area contributed by atoms with Crippen LogP contribution in [0.25, 0.3) is 0 Å². The van der Waals surface area contributed by atoms with Crippen molar-refractivity contribution in [3.8, 4) is 5.75 Å². The molecule has 0 atom stereocenters. The first-order valence-electron chi connectivity index (χ1n) is 7.31. The number of amides is 1. The molecular weight excluding hydrogens is 371 g/mol. The van der Waals surface area contributed by atoms with Crippen molar-refractivity contribution in [1.82, 2.24) is 0 Å². The minimum atomic E-state index is -3.95. The van der Waals surface area contributed by atoms with Gasteiger partial charge in [0.2, 0.25) is 5.91 Å². The molecule has 0 fully saturated rings. The number of rotatable bonds is 3. The van der Waals surface area contributed by atoms with Gasteiger partial charge in [0.25, 0.3) is 10.0 Å². The Bertz CT molecular complexity index is 949. The molecule has 9 heteroatoms. The van der Waals surface area contributed by atoms with Crippen molar-refractivity contribution in [2.75, 3.05) is 22.8 Å². The van der Waals surface area contributed by atoms with Crippen LogP contribution >= 0.6 is 11.6 Å². The van der Waals surface area contributed by atoms with E-state index in [9.17, 15) is 17.6 Å². The SMILES string of the molecule is CC(=O)N1CCOc2ccc(S(=O)(=O)Nc3ccc(F)c(Cl)c3)cc21. The average molecular weight is 385 g/mol. The molecule has 2 aromatic carbocycles. The van der Waals surface area contributed by atoms with E-state index in [2.05, 4.69) is 4.72 Å². The zero-order chi connectivity index (χ0) is 18.2. The van der Waals surface area contributed by atoms with Gasteiger partial charge in [0.15, 0.2) is 0 Å². The van der Waals surface area contributed by atoms with Crippen molar-refractivity contribution in [2.45, 2.75) is 11.8 Å². The van der Waals surface area contributed by atoms with Crippen LogP contribution < -0.4 is 14.4 Å². The molecule has 1 heterocycles. The quantitative estimate of drug-likeness (QED) is 0.882. The second kappa shape index (κ2) is 6.53. The van der Waals surface area contributed by atoms with Crippen molar-refractivity contribution in [3.63, 3.8) is 0 Å². The Morgan fingerprint density at radius 1 is 1.28 bits per heavy atom. The number of carbonyl (C=O) groups is 1. The summed E-state index contributed by atoms with van der Waals surface area (Å²) >= 11 is 5.67. The fourth-order valence-electron chi connectivity index (χ4n) is 2.47. The maximum Gasteiger partial charge on any atom is 0.261 e. The second-order valence-electron chi connectivity index (χ2n) is 5.38. The number of sulfonamides is 1. The molecular formula is C16H14ClFN2O4S. The van der Waals surface area contributed by atoms with Crippen LogP contribution in [-0.2, 0) is 14.8 Å². The monoisotopic (exact) mass is 384 g/mol. The third-order valence-electron chi connectivity index (χ3n) is 3.66. The normalized spacial score (nSPS) is 13.8. The fraction of sp³-hybridized carbons (Fsp3) is 0.188. The molecule has 25 heavy (non-hydrogen) atoms. The molecule has 0 aromatic heterocycles. The highest BCUT2D eigenvalue weighted by Crippen LogP contribution is 2.34. The largest absolute Gasteiger partial charge is 0.490 e. The van der Waals surface area contributed by atoms with E-state index in [0.717, 1.165) is 6.07 Å². The highest BCUT2D eigenvalue weighted by molar-refractivity contribution is 7.92. The predicted octanol–water partition coefficient (Wildman–Crippen LogP) is 3.03. The Hall–Kier alpha value is -2.32. The van der Waals surface area contributed by atoms with Crippen LogP contribution in [0.1, 0.15) is 6.92 Å². The van der Waals surface area contributed by atoms with Crippen LogP contribution in [0.2, 0.25) is 5.02 Å². The molecule has 132 valence electrons. The number of hydrogen-bond acceptors (Lipinski definition) is 4. The van der Waals surface area contributed by atoms with E-state index in [0.29, 0.717) is 24.6 Å². The smallest absolute Gasteiger partial charge is 0.261 e. The highest BCUT2D eigenvalue weighted by Gasteiger charge is 2.24. The zero-order valence-corrected chi connectivity index (χ0v) is 14.7. The third-order valence-corrected chi connectivity index (χ3v) is 5.32. The number of fused-ring (bicyclic) bond motifs is 1. The Labute approximate surface area is 149 Å². The topological polar surface area (TPSA) is 75.7 Å². The summed E-state index contributed by atoms with van der Waals surface area (Å²) < 4.78 is 46.1. The van der Waals surface area contributed by atoms with Gasteiger partial charge in [0, 0.05) is 6.92 Å². The van der Waals surface area contributed by atoms with Crippen molar-refractivity contribution in [1.29, 1.82) is 0 Å². The zero-order valence-electron chi connectivity index (χ0n) is 13.1. The first-order chi connectivity index (χ1) is 11.8. The summed E-state index contributed by atoms with van der Waals surface area (Å²) in [6.07, 6.45) is 0. The van der Waals surface area contributed by atoms with Gasteiger partial charge in [-0.25, -0.2) is 12.8 Å². The number of benzene rings is 2. The van der Waals surface area contributed by atoms with Gasteiger partial charge in [0.05, 0.1) is 27.8 Å². The Morgan fingerprint density at radius 3 is 2.72 bits per heavy atom. The van der Waals surface area contributed by atoms with E-state index in [1.165, 1.54) is 42.2 Å². The fourth-order valence-corrected chi connectivity index (χ4v) is 3.72. The van der Waals surface area contributed by atoms with E-state index in [4.69, 9.17) is 16.3 Å². The molecule has 0 aliphatic carbocycles. The third kappa shape index (κ3) is 3.54. The summed E-state index contributed by atoms with van der Waals surface area (Å²) in [5.74, 6) is -0.421. The summed E-state index contributed by atoms with van der Waals surface area (Å²) in [7, 11) is -3.95. The Morgan fingerprint density at radius 2 is 2.04 bits per heavy atom. The molecule has 1 aliphatic heterocycles. The van der Waals surface area contributed by atoms with Crippen LogP contribution in [0.15, 0.2) is 41.3 Å². The highest BCUT2D eigenvalue weighted by atomic mass is 35.5. The van der Waals surface area contributed by atoms with Crippen LogP contribution in [0.3, 0.4) is 0 Å². The lowest BCUT2D eigenvalue weighted by molar-refractivity contribution is -0.116. The number of nitrogens with one attached hydrogen (secondary N) is 1. The second-order valence-corrected chi connectivity index (χ2v) is 7.47. The number of anilines is 2. The summed E-state index contributed by atoms with van der Waals surface area (Å²) in [6.45, 7) is 2.08. The molecule has 0 bridgehead atoms. The van der Waals surface area contributed by atoms with Crippen LogP contribution in [0, 0.1) is 5.82 Å². The van der Waals surface area contributed by atoms with E-state index in [1.54, 1.807) is 0 Å². The molecule has 0 saturated carbocycles. The molecule has 2 aromatic rings. The summed E-state index contributed by atoms with van der Waals surface area (Å²) in [6, 6.07) is 7.74. The van der Waals surface area contributed by atoms with Gasteiger partial charge in [-0.2, -0.15) is 0 Å². The van der Waals surface area contributed by atoms with Crippen molar-refractivity contribution in [3.05, 3.63) is 47.2 Å². The Balaban J connectivity index is 1.96. The molecule has 3 rings (SSSR count). The predicted molar refractivity (Wildman–Crippen MR) is 92.2 cm³/mol. The summed E-state index contributed by atoms with van der Waals surface area (Å²) in [5, 5.41) is -0.193. The van der Waals surface area contributed by atoms with E-state index in [1.807, 2.05) is 0 Å². The van der Waals surface area contributed by atoms with Crippen LogP contribution in [0.5, 0.6) is 5.75 Å². The van der Waals surface area contributed by atoms with Gasteiger partial charge in [-0.15, -0.1) is 0 Å². The lowest BCUT2D eigenvalue weighted by atomic mass is 10.2. The molecule has 1 N–H and O–H groups in total. The van der Waals surface area contributed by atoms with E-state index < -0.39 is 15.8 Å². The van der Waals surface area contributed by atoms with Gasteiger partial charge >= 0.3 is 0 Å². The molecule has 0 spiro atoms. The lowest BCUT2D eigenvalue weighted by Gasteiger charge is -2.29.